The number of hydrogen-bond donors (Lipinski definition) is 0. The molecule has 0 aliphatic carbocycles. The number of halogens is 2. The van der Waals surface area contributed by atoms with E-state index in [2.05, 4.69) is 4.90 Å². The zero-order valence-electron chi connectivity index (χ0n) is 15.7. The van der Waals surface area contributed by atoms with E-state index in [1.165, 1.54) is 31.4 Å². The Morgan fingerprint density at radius 3 is 2.46 bits per heavy atom. The molecule has 148 valence electrons. The summed E-state index contributed by atoms with van der Waals surface area (Å²) >= 11 is 5.98. The lowest BCUT2D eigenvalue weighted by molar-refractivity contribution is -0.148. The lowest BCUT2D eigenvalue weighted by Crippen LogP contribution is -2.44. The molecule has 0 saturated carbocycles. The minimum absolute atomic E-state index is 0.0329. The van der Waals surface area contributed by atoms with Crippen molar-refractivity contribution in [1.82, 2.24) is 4.90 Å². The van der Waals surface area contributed by atoms with Crippen LogP contribution in [0.5, 0.6) is 0 Å². The van der Waals surface area contributed by atoms with Gasteiger partial charge in [0.15, 0.2) is 5.78 Å². The summed E-state index contributed by atoms with van der Waals surface area (Å²) in [7, 11) is 1.40. The van der Waals surface area contributed by atoms with Crippen LogP contribution in [0.4, 0.5) is 4.39 Å². The highest BCUT2D eigenvalue weighted by molar-refractivity contribution is 6.30. The summed E-state index contributed by atoms with van der Waals surface area (Å²) in [6.45, 7) is 1.88. The molecule has 1 heterocycles. The van der Waals surface area contributed by atoms with Gasteiger partial charge in [-0.2, -0.15) is 0 Å². The van der Waals surface area contributed by atoms with Gasteiger partial charge in [0.1, 0.15) is 5.82 Å². The number of Topliss-reactive ketones (excluding diaryl/α,β-unsaturated/α-hetero) is 1. The van der Waals surface area contributed by atoms with Crippen molar-refractivity contribution in [3.8, 4) is 0 Å². The van der Waals surface area contributed by atoms with Gasteiger partial charge in [0.2, 0.25) is 0 Å². The number of rotatable bonds is 6. The maximum Gasteiger partial charge on any atom is 0.310 e. The van der Waals surface area contributed by atoms with Crippen molar-refractivity contribution in [3.05, 3.63) is 70.5 Å². The van der Waals surface area contributed by atoms with E-state index in [9.17, 15) is 14.0 Å². The zero-order chi connectivity index (χ0) is 20.1. The van der Waals surface area contributed by atoms with Crippen LogP contribution >= 0.6 is 11.6 Å². The molecule has 0 bridgehead atoms. The van der Waals surface area contributed by atoms with Gasteiger partial charge in [0.05, 0.1) is 13.0 Å². The van der Waals surface area contributed by atoms with Crippen LogP contribution in [0.15, 0.2) is 48.5 Å². The first-order valence-corrected chi connectivity index (χ1v) is 9.70. The molecule has 0 spiro atoms. The maximum absolute atomic E-state index is 13.0. The Bertz CT molecular complexity index is 823. The molecule has 1 aliphatic heterocycles. The Balaban J connectivity index is 1.63. The Morgan fingerprint density at radius 1 is 1.14 bits per heavy atom. The number of likely N-dealkylation sites (tertiary alicyclic amines) is 1. The molecular formula is C22H23ClFNO3. The number of carbonyl (C=O) groups excluding carboxylic acids is 2. The normalized spacial score (nSPS) is 20.0. The Labute approximate surface area is 169 Å². The monoisotopic (exact) mass is 403 g/mol. The van der Waals surface area contributed by atoms with E-state index >= 15 is 0 Å². The van der Waals surface area contributed by atoms with Gasteiger partial charge in [-0.05, 0) is 60.8 Å². The largest absolute Gasteiger partial charge is 0.469 e. The van der Waals surface area contributed by atoms with Crippen molar-refractivity contribution >= 4 is 23.4 Å². The lowest BCUT2D eigenvalue weighted by Gasteiger charge is -2.37. The van der Waals surface area contributed by atoms with E-state index in [0.717, 1.165) is 18.5 Å². The molecule has 0 radical (unpaired) electrons. The molecule has 1 saturated heterocycles. The Hall–Kier alpha value is -2.24. The minimum Gasteiger partial charge on any atom is -0.469 e. The van der Waals surface area contributed by atoms with Crippen LogP contribution in [-0.4, -0.2) is 43.4 Å². The van der Waals surface area contributed by atoms with Crippen LogP contribution in [-0.2, 0) is 9.53 Å². The second kappa shape index (κ2) is 9.30. The Kier molecular flexibility index (Phi) is 6.81. The number of ketones is 1. The van der Waals surface area contributed by atoms with Gasteiger partial charge in [0.25, 0.3) is 0 Å². The highest BCUT2D eigenvalue weighted by Crippen LogP contribution is 2.34. The first kappa shape index (κ1) is 20.5. The fourth-order valence-corrected chi connectivity index (χ4v) is 3.89. The van der Waals surface area contributed by atoms with Crippen LogP contribution < -0.4 is 0 Å². The summed E-state index contributed by atoms with van der Waals surface area (Å²) in [4.78, 5) is 26.8. The summed E-state index contributed by atoms with van der Waals surface area (Å²) in [5.74, 6) is -0.861. The van der Waals surface area contributed by atoms with Gasteiger partial charge < -0.3 is 9.64 Å². The minimum atomic E-state index is -0.359. The number of esters is 1. The number of carbonyl (C=O) groups is 2. The van der Waals surface area contributed by atoms with Gasteiger partial charge in [0, 0.05) is 30.1 Å². The molecule has 2 aromatic rings. The number of benzene rings is 2. The van der Waals surface area contributed by atoms with Crippen molar-refractivity contribution in [1.29, 1.82) is 0 Å². The summed E-state index contributed by atoms with van der Waals surface area (Å²) in [6, 6.07) is 13.2. The summed E-state index contributed by atoms with van der Waals surface area (Å²) in [5.41, 5.74) is 1.57. The summed E-state index contributed by atoms with van der Waals surface area (Å²) in [5, 5.41) is 0.662. The topological polar surface area (TPSA) is 46.6 Å². The van der Waals surface area contributed by atoms with Crippen molar-refractivity contribution in [3.63, 3.8) is 0 Å². The first-order chi connectivity index (χ1) is 13.5. The van der Waals surface area contributed by atoms with E-state index in [1.54, 1.807) is 0 Å². The smallest absolute Gasteiger partial charge is 0.310 e. The second-order valence-corrected chi connectivity index (χ2v) is 7.49. The van der Waals surface area contributed by atoms with Gasteiger partial charge in [-0.3, -0.25) is 9.59 Å². The summed E-state index contributed by atoms with van der Waals surface area (Å²) < 4.78 is 18.0. The number of piperidine rings is 1. The average Bonchev–Trinajstić information content (AvgIpc) is 2.72. The molecule has 2 aromatic carbocycles. The van der Waals surface area contributed by atoms with E-state index in [4.69, 9.17) is 16.3 Å². The van der Waals surface area contributed by atoms with E-state index in [-0.39, 0.29) is 29.4 Å². The van der Waals surface area contributed by atoms with Crippen molar-refractivity contribution < 1.29 is 18.7 Å². The number of ether oxygens (including phenoxy) is 1. The van der Waals surface area contributed by atoms with E-state index in [1.807, 2.05) is 24.3 Å². The number of hydrogen-bond acceptors (Lipinski definition) is 4. The van der Waals surface area contributed by atoms with Crippen molar-refractivity contribution in [2.24, 2.45) is 5.92 Å². The highest BCUT2D eigenvalue weighted by atomic mass is 35.5. The van der Waals surface area contributed by atoms with Gasteiger partial charge in [-0.1, -0.05) is 23.7 Å². The maximum atomic E-state index is 13.0. The number of nitrogens with zero attached hydrogens (tertiary/aromatic N) is 1. The molecule has 1 fully saturated rings. The predicted octanol–water partition coefficient (Wildman–Crippen LogP) is 4.33. The molecule has 0 N–H and O–H groups in total. The van der Waals surface area contributed by atoms with E-state index < -0.39 is 0 Å². The van der Waals surface area contributed by atoms with Crippen LogP contribution in [0.2, 0.25) is 5.02 Å². The molecule has 3 rings (SSSR count). The molecule has 1 aliphatic rings. The van der Waals surface area contributed by atoms with Gasteiger partial charge >= 0.3 is 5.97 Å². The third kappa shape index (κ3) is 4.97. The average molecular weight is 404 g/mol. The molecular weight excluding hydrogens is 381 g/mol. The van der Waals surface area contributed by atoms with Gasteiger partial charge in [-0.15, -0.1) is 0 Å². The van der Waals surface area contributed by atoms with E-state index in [0.29, 0.717) is 30.1 Å². The molecule has 0 amide bonds. The zero-order valence-corrected chi connectivity index (χ0v) is 16.5. The fraction of sp³-hybridized carbons (Fsp3) is 0.364. The predicted molar refractivity (Wildman–Crippen MR) is 106 cm³/mol. The SMILES string of the molecule is COC(=O)C1CN(CCC(=O)c2ccc(F)cc2)CCC1c1ccc(Cl)cc1. The van der Waals surface area contributed by atoms with Gasteiger partial charge in [-0.25, -0.2) is 4.39 Å². The fourth-order valence-electron chi connectivity index (χ4n) is 3.76. The highest BCUT2D eigenvalue weighted by Gasteiger charge is 2.36. The van der Waals surface area contributed by atoms with Crippen LogP contribution in [0.3, 0.4) is 0 Å². The molecule has 0 aromatic heterocycles. The third-order valence-corrected chi connectivity index (χ3v) is 5.57. The quantitative estimate of drug-likeness (QED) is 0.532. The van der Waals surface area contributed by atoms with Crippen molar-refractivity contribution in [2.75, 3.05) is 26.7 Å². The lowest BCUT2D eigenvalue weighted by atomic mass is 9.80. The third-order valence-electron chi connectivity index (χ3n) is 5.32. The molecule has 4 nitrogen and oxygen atoms in total. The van der Waals surface area contributed by atoms with Crippen molar-refractivity contribution in [2.45, 2.75) is 18.8 Å². The molecule has 6 heteroatoms. The van der Waals surface area contributed by atoms with Crippen LogP contribution in [0, 0.1) is 11.7 Å². The Morgan fingerprint density at radius 2 is 1.82 bits per heavy atom. The van der Waals surface area contributed by atoms with Crippen LogP contribution in [0.25, 0.3) is 0 Å². The second-order valence-electron chi connectivity index (χ2n) is 7.06. The molecule has 2 unspecified atom stereocenters. The van der Waals surface area contributed by atoms with Crippen LogP contribution in [0.1, 0.15) is 34.7 Å². The first-order valence-electron chi connectivity index (χ1n) is 9.32. The standard InChI is InChI=1S/C22H23ClFNO3/c1-28-22(27)20-14-25(12-10-19(20)15-2-6-17(23)7-3-15)13-11-21(26)16-4-8-18(24)9-5-16/h2-9,19-20H,10-14H2,1H3. The molecule has 28 heavy (non-hydrogen) atoms. The summed E-state index contributed by atoms with van der Waals surface area (Å²) in [6.07, 6.45) is 1.12. The number of methoxy groups -OCH3 is 1. The molecule has 2 atom stereocenters.